The molecule has 0 aliphatic heterocycles. The van der Waals surface area contributed by atoms with Gasteiger partial charge in [0.1, 0.15) is 0 Å². The largest absolute Gasteiger partial charge is 0.327 e. The molecule has 0 bridgehead atoms. The highest BCUT2D eigenvalue weighted by Gasteiger charge is 2.08. The second-order valence-electron chi connectivity index (χ2n) is 3.47. The van der Waals surface area contributed by atoms with Crippen LogP contribution in [0.15, 0.2) is 17.5 Å². The number of amides is 2. The summed E-state index contributed by atoms with van der Waals surface area (Å²) in [6, 6.07) is 3.53. The van der Waals surface area contributed by atoms with Gasteiger partial charge < -0.3 is 5.73 Å². The number of hydrogen-bond donors (Lipinski definition) is 3. The SMILES string of the molecule is CC(N)CSCC(=O)NNC(=O)c1cccs1. The van der Waals surface area contributed by atoms with E-state index >= 15 is 0 Å². The fraction of sp³-hybridized carbons (Fsp3) is 0.400. The van der Waals surface area contributed by atoms with Crippen molar-refractivity contribution in [3.8, 4) is 0 Å². The van der Waals surface area contributed by atoms with Crippen LogP contribution >= 0.6 is 23.1 Å². The van der Waals surface area contributed by atoms with E-state index in [2.05, 4.69) is 10.9 Å². The lowest BCUT2D eigenvalue weighted by Crippen LogP contribution is -2.42. The Kier molecular flexibility index (Phi) is 6.03. The molecular formula is C10H15N3O2S2. The lowest BCUT2D eigenvalue weighted by Gasteiger charge is -2.07. The summed E-state index contributed by atoms with van der Waals surface area (Å²) in [5.74, 6) is 0.463. The van der Waals surface area contributed by atoms with Crippen LogP contribution in [0.1, 0.15) is 16.6 Å². The third-order valence-electron chi connectivity index (χ3n) is 1.67. The quantitative estimate of drug-likeness (QED) is 0.686. The molecule has 0 saturated heterocycles. The van der Waals surface area contributed by atoms with Gasteiger partial charge in [0.15, 0.2) is 0 Å². The molecule has 1 rings (SSSR count). The minimum atomic E-state index is -0.300. The van der Waals surface area contributed by atoms with E-state index in [0.29, 0.717) is 10.6 Å². The normalized spacial score (nSPS) is 11.9. The van der Waals surface area contributed by atoms with Crippen LogP contribution < -0.4 is 16.6 Å². The molecular weight excluding hydrogens is 258 g/mol. The van der Waals surface area contributed by atoms with Crippen LogP contribution in [0.3, 0.4) is 0 Å². The van der Waals surface area contributed by atoms with Crippen molar-refractivity contribution in [2.75, 3.05) is 11.5 Å². The number of carbonyl (C=O) groups is 2. The van der Waals surface area contributed by atoms with Gasteiger partial charge in [0.25, 0.3) is 5.91 Å². The molecule has 2 amide bonds. The lowest BCUT2D eigenvalue weighted by atomic mass is 10.4. The molecule has 0 spiro atoms. The summed E-state index contributed by atoms with van der Waals surface area (Å²) in [5, 5.41) is 1.80. The zero-order valence-corrected chi connectivity index (χ0v) is 11.1. The van der Waals surface area contributed by atoms with Crippen molar-refractivity contribution in [1.29, 1.82) is 0 Å². The second-order valence-corrected chi connectivity index (χ2v) is 5.45. The summed E-state index contributed by atoms with van der Waals surface area (Å²) >= 11 is 2.75. The summed E-state index contributed by atoms with van der Waals surface area (Å²) in [6.07, 6.45) is 0. The number of thiophene rings is 1. The first-order valence-corrected chi connectivity index (χ1v) is 7.09. The highest BCUT2D eigenvalue weighted by Crippen LogP contribution is 2.07. The number of nitrogens with one attached hydrogen (secondary N) is 2. The molecule has 0 aliphatic rings. The Morgan fingerprint density at radius 1 is 1.53 bits per heavy atom. The summed E-state index contributed by atoms with van der Waals surface area (Å²) in [4.78, 5) is 23.3. The van der Waals surface area contributed by atoms with Crippen LogP contribution in [0, 0.1) is 0 Å². The minimum absolute atomic E-state index is 0.0634. The number of hydrazine groups is 1. The summed E-state index contributed by atoms with van der Waals surface area (Å²) in [7, 11) is 0. The second kappa shape index (κ2) is 7.31. The molecule has 0 saturated carbocycles. The van der Waals surface area contributed by atoms with Crippen LogP contribution in [0.2, 0.25) is 0 Å². The summed E-state index contributed by atoms with van der Waals surface area (Å²) in [6.45, 7) is 1.88. The minimum Gasteiger partial charge on any atom is -0.327 e. The molecule has 7 heteroatoms. The van der Waals surface area contributed by atoms with Gasteiger partial charge in [-0.3, -0.25) is 20.4 Å². The van der Waals surface area contributed by atoms with E-state index < -0.39 is 0 Å². The van der Waals surface area contributed by atoms with Crippen LogP contribution in [0.4, 0.5) is 0 Å². The fourth-order valence-electron chi connectivity index (χ4n) is 0.969. The van der Waals surface area contributed by atoms with Crippen molar-refractivity contribution in [3.63, 3.8) is 0 Å². The Balaban J connectivity index is 2.18. The van der Waals surface area contributed by atoms with Crippen LogP contribution in [0.5, 0.6) is 0 Å². The maximum Gasteiger partial charge on any atom is 0.279 e. The third-order valence-corrected chi connectivity index (χ3v) is 3.77. The average Bonchev–Trinajstić information content (AvgIpc) is 2.78. The van der Waals surface area contributed by atoms with Crippen LogP contribution in [-0.2, 0) is 4.79 Å². The molecule has 1 atom stereocenters. The van der Waals surface area contributed by atoms with Gasteiger partial charge in [-0.1, -0.05) is 6.07 Å². The van der Waals surface area contributed by atoms with Gasteiger partial charge in [0.05, 0.1) is 10.6 Å². The van der Waals surface area contributed by atoms with E-state index in [9.17, 15) is 9.59 Å². The van der Waals surface area contributed by atoms with E-state index in [1.54, 1.807) is 17.5 Å². The first-order valence-electron chi connectivity index (χ1n) is 5.05. The highest BCUT2D eigenvalue weighted by molar-refractivity contribution is 7.99. The van der Waals surface area contributed by atoms with E-state index in [1.807, 2.05) is 6.92 Å². The van der Waals surface area contributed by atoms with Gasteiger partial charge in [-0.05, 0) is 18.4 Å². The van der Waals surface area contributed by atoms with Crippen molar-refractivity contribution in [2.24, 2.45) is 5.73 Å². The number of hydrogen-bond acceptors (Lipinski definition) is 5. The molecule has 0 aromatic carbocycles. The maximum atomic E-state index is 11.5. The summed E-state index contributed by atoms with van der Waals surface area (Å²) < 4.78 is 0. The number of nitrogens with two attached hydrogens (primary N) is 1. The average molecular weight is 273 g/mol. The molecule has 1 heterocycles. The van der Waals surface area contributed by atoms with E-state index in [1.165, 1.54) is 23.1 Å². The third kappa shape index (κ3) is 5.71. The van der Waals surface area contributed by atoms with E-state index in [-0.39, 0.29) is 23.6 Å². The number of carbonyl (C=O) groups excluding carboxylic acids is 2. The maximum absolute atomic E-state index is 11.5. The van der Waals surface area contributed by atoms with Gasteiger partial charge in [0.2, 0.25) is 5.91 Å². The van der Waals surface area contributed by atoms with Gasteiger partial charge in [-0.15, -0.1) is 11.3 Å². The molecule has 0 radical (unpaired) electrons. The highest BCUT2D eigenvalue weighted by atomic mass is 32.2. The van der Waals surface area contributed by atoms with Crippen molar-refractivity contribution in [1.82, 2.24) is 10.9 Å². The predicted molar refractivity (Wildman–Crippen MR) is 70.9 cm³/mol. The standard InChI is InChI=1S/C10H15N3O2S2/c1-7(11)5-16-6-9(14)12-13-10(15)8-3-2-4-17-8/h2-4,7H,5-6,11H2,1H3,(H,12,14)(H,13,15). The monoisotopic (exact) mass is 273 g/mol. The number of rotatable bonds is 5. The smallest absolute Gasteiger partial charge is 0.279 e. The Morgan fingerprint density at radius 3 is 2.88 bits per heavy atom. The van der Waals surface area contributed by atoms with Crippen LogP contribution in [0.25, 0.3) is 0 Å². The van der Waals surface area contributed by atoms with Crippen molar-refractivity contribution >= 4 is 34.9 Å². The molecule has 17 heavy (non-hydrogen) atoms. The topological polar surface area (TPSA) is 84.2 Å². The van der Waals surface area contributed by atoms with E-state index in [0.717, 1.165) is 0 Å². The van der Waals surface area contributed by atoms with Gasteiger partial charge in [-0.2, -0.15) is 11.8 Å². The Hall–Kier alpha value is -1.05. The van der Waals surface area contributed by atoms with Gasteiger partial charge in [0, 0.05) is 11.8 Å². The fourth-order valence-corrected chi connectivity index (χ4v) is 2.34. The Morgan fingerprint density at radius 2 is 2.29 bits per heavy atom. The molecule has 5 nitrogen and oxygen atoms in total. The Labute approximate surface area is 108 Å². The molecule has 0 aliphatic carbocycles. The molecule has 94 valence electrons. The van der Waals surface area contributed by atoms with Gasteiger partial charge in [-0.25, -0.2) is 0 Å². The first-order chi connectivity index (χ1) is 8.09. The van der Waals surface area contributed by atoms with E-state index in [4.69, 9.17) is 5.73 Å². The first kappa shape index (κ1) is 14.0. The van der Waals surface area contributed by atoms with Crippen molar-refractivity contribution in [2.45, 2.75) is 13.0 Å². The molecule has 1 aromatic heterocycles. The molecule has 1 unspecified atom stereocenters. The van der Waals surface area contributed by atoms with Crippen LogP contribution in [-0.4, -0.2) is 29.4 Å². The Bertz CT molecular complexity index is 366. The summed E-state index contributed by atoms with van der Waals surface area (Å²) in [5.41, 5.74) is 10.2. The molecule has 0 fully saturated rings. The van der Waals surface area contributed by atoms with Gasteiger partial charge >= 0.3 is 0 Å². The van der Waals surface area contributed by atoms with Crippen molar-refractivity contribution < 1.29 is 9.59 Å². The zero-order valence-electron chi connectivity index (χ0n) is 9.43. The number of thioether (sulfide) groups is 1. The molecule has 4 N–H and O–H groups in total. The van der Waals surface area contributed by atoms with Crippen molar-refractivity contribution in [3.05, 3.63) is 22.4 Å². The lowest BCUT2D eigenvalue weighted by molar-refractivity contribution is -0.119. The zero-order chi connectivity index (χ0) is 12.7. The molecule has 1 aromatic rings. The predicted octanol–water partition coefficient (Wildman–Crippen LogP) is 0.590.